The number of hydrogen-bond acceptors (Lipinski definition) is 19. The first-order chi connectivity index (χ1) is 42.5. The number of rotatable bonds is 20. The smallest absolute Gasteiger partial charge is 0.340 e. The van der Waals surface area contributed by atoms with Gasteiger partial charge in [0.15, 0.2) is 30.7 Å². The van der Waals surface area contributed by atoms with E-state index in [0.717, 1.165) is 0 Å². The quantitative estimate of drug-likeness (QED) is 0.0510. The summed E-state index contributed by atoms with van der Waals surface area (Å²) in [5, 5.41) is 0. The number of ether oxygens (including phenoxy) is 11. The molecule has 0 spiro atoms. The molecule has 0 unspecified atom stereocenters. The van der Waals surface area contributed by atoms with Crippen LogP contribution in [0.3, 0.4) is 0 Å². The monoisotopic (exact) mass is 1170 g/mol. The summed E-state index contributed by atoms with van der Waals surface area (Å²) in [5.74, 6) is -7.88. The van der Waals surface area contributed by atoms with Crippen molar-refractivity contribution in [1.82, 2.24) is 0 Å². The largest absolute Gasteiger partial charge is 0.459 e. The molecule has 8 aromatic rings. The summed E-state index contributed by atoms with van der Waals surface area (Å²) >= 11 is 0. The fourth-order valence-electron chi connectivity index (χ4n) is 9.42. The molecule has 0 bridgehead atoms. The molecule has 0 aromatic heterocycles. The lowest BCUT2D eigenvalue weighted by Crippen LogP contribution is -2.67. The van der Waals surface area contributed by atoms with Crippen molar-refractivity contribution in [2.24, 2.45) is 0 Å². The predicted molar refractivity (Wildman–Crippen MR) is 306 cm³/mol. The third-order valence-corrected chi connectivity index (χ3v) is 13.7. The minimum Gasteiger partial charge on any atom is -0.459 e. The molecule has 8 aromatic carbocycles. The van der Waals surface area contributed by atoms with Crippen LogP contribution in [0, 0.1) is 0 Å². The normalized spacial score (nSPS) is 21.3. The van der Waals surface area contributed by atoms with Crippen molar-refractivity contribution in [3.8, 4) is 0 Å². The van der Waals surface area contributed by atoms with E-state index in [1.165, 1.54) is 97.1 Å². The SMILES string of the molecule is O=C(OC[C@H]1O[C@H](O[C@H]2[C@H](OC(=O)c3ccccc3)[C@@H](OC(=O)c3ccccc3)[C@H](OC(=O)c3ccccc3)O[C@@H]2COC(=O)c2ccccc2)[C@H](OC(=O)c2ccccc2)[C@@H](OC(=O)c2ccccc2)[C@@H]1OC(=O)c1ccccc1)c1ccccc1. The lowest BCUT2D eigenvalue weighted by atomic mass is 9.95. The van der Waals surface area contributed by atoms with Crippen LogP contribution in [0.4, 0.5) is 0 Å². The molecule has 0 saturated carbocycles. The molecule has 2 saturated heterocycles. The number of carbonyl (C=O) groups is 8. The van der Waals surface area contributed by atoms with E-state index in [4.69, 9.17) is 52.1 Å². The van der Waals surface area contributed by atoms with Gasteiger partial charge in [-0.25, -0.2) is 38.4 Å². The molecule has 2 heterocycles. The number of hydrogen-bond donors (Lipinski definition) is 0. The second kappa shape index (κ2) is 28.8. The Morgan fingerprint density at radius 3 is 0.770 bits per heavy atom. The van der Waals surface area contributed by atoms with E-state index in [0.29, 0.717) is 0 Å². The Balaban J connectivity index is 1.14. The van der Waals surface area contributed by atoms with Gasteiger partial charge in [-0.3, -0.25) is 0 Å². The van der Waals surface area contributed by atoms with Crippen molar-refractivity contribution in [1.29, 1.82) is 0 Å². The van der Waals surface area contributed by atoms with Crippen LogP contribution in [0.5, 0.6) is 0 Å². The molecule has 440 valence electrons. The second-order valence-electron chi connectivity index (χ2n) is 19.6. The molecular weight excluding hydrogens is 1120 g/mol. The maximum Gasteiger partial charge on any atom is 0.340 e. The van der Waals surface area contributed by atoms with E-state index in [1.807, 2.05) is 0 Å². The van der Waals surface area contributed by atoms with Gasteiger partial charge in [-0.2, -0.15) is 0 Å². The molecule has 2 aliphatic heterocycles. The van der Waals surface area contributed by atoms with E-state index in [2.05, 4.69) is 0 Å². The summed E-state index contributed by atoms with van der Waals surface area (Å²) in [6.45, 7) is -1.58. The zero-order chi connectivity index (χ0) is 60.5. The summed E-state index contributed by atoms with van der Waals surface area (Å²) in [6, 6.07) is 61.7. The highest BCUT2D eigenvalue weighted by Crippen LogP contribution is 2.37. The predicted octanol–water partition coefficient (Wildman–Crippen LogP) is 9.52. The molecule has 19 heteroatoms. The van der Waals surface area contributed by atoms with Gasteiger partial charge in [0.05, 0.1) is 44.5 Å². The topological polar surface area (TPSA) is 238 Å². The van der Waals surface area contributed by atoms with Gasteiger partial charge in [-0.15, -0.1) is 0 Å². The average molecular weight is 1180 g/mol. The van der Waals surface area contributed by atoms with Crippen LogP contribution in [0.25, 0.3) is 0 Å². The molecule has 2 aliphatic rings. The van der Waals surface area contributed by atoms with Gasteiger partial charge < -0.3 is 52.1 Å². The first-order valence-electron chi connectivity index (χ1n) is 27.4. The number of benzene rings is 8. The first-order valence-corrected chi connectivity index (χ1v) is 27.4. The molecular formula is C68H54O19. The third-order valence-electron chi connectivity index (χ3n) is 13.7. The molecule has 0 amide bonds. The molecule has 87 heavy (non-hydrogen) atoms. The minimum absolute atomic E-state index is 0.00860. The van der Waals surface area contributed by atoms with E-state index in [9.17, 15) is 38.4 Å². The highest BCUT2D eigenvalue weighted by Gasteiger charge is 2.59. The van der Waals surface area contributed by atoms with Crippen molar-refractivity contribution in [3.63, 3.8) is 0 Å². The van der Waals surface area contributed by atoms with E-state index >= 15 is 0 Å². The van der Waals surface area contributed by atoms with Crippen LogP contribution in [0.1, 0.15) is 82.9 Å². The molecule has 0 radical (unpaired) electrons. The van der Waals surface area contributed by atoms with Crippen LogP contribution in [0.2, 0.25) is 0 Å². The Labute approximate surface area is 498 Å². The standard InChI is InChI=1S/C68H54O19/c69-59(43-25-9-1-10-26-43)77-41-51-53(81-61(71)45-29-13-3-14-30-45)55(82-62(72)46-31-15-4-16-32-46)57(84-64(74)48-35-19-6-20-36-48)67(79-51)86-54-52(42-78-60(70)44-27-11-2-12-28-44)80-68(87-66(76)50-39-23-8-24-40-50)58(85-65(75)49-37-21-7-22-38-49)56(54)83-63(73)47-33-17-5-18-34-47/h1-40,51-58,67-68H,41-42H2/t51-,52-,53-,54-,55+,56+,57-,58-,67-,68+/m1/s1. The maximum absolute atomic E-state index is 14.7. The Hall–Kier alpha value is -10.6. The lowest BCUT2D eigenvalue weighted by molar-refractivity contribution is -0.351. The molecule has 10 rings (SSSR count). The van der Waals surface area contributed by atoms with Crippen molar-refractivity contribution in [2.45, 2.75) is 61.4 Å². The highest BCUT2D eigenvalue weighted by atomic mass is 16.8. The Kier molecular flexibility index (Phi) is 19.7. The molecule has 10 atom stereocenters. The second-order valence-corrected chi connectivity index (χ2v) is 19.6. The first kappa shape index (κ1) is 59.6. The molecule has 0 aliphatic carbocycles. The lowest BCUT2D eigenvalue weighted by Gasteiger charge is -2.48. The van der Waals surface area contributed by atoms with E-state index < -0.39 is 122 Å². The van der Waals surface area contributed by atoms with Crippen LogP contribution in [-0.2, 0) is 52.1 Å². The van der Waals surface area contributed by atoms with Gasteiger partial charge in [0, 0.05) is 0 Å². The molecule has 2 fully saturated rings. The van der Waals surface area contributed by atoms with Crippen molar-refractivity contribution in [2.75, 3.05) is 13.2 Å². The van der Waals surface area contributed by atoms with Crippen LogP contribution in [0.15, 0.2) is 243 Å². The van der Waals surface area contributed by atoms with E-state index in [-0.39, 0.29) is 44.5 Å². The fourth-order valence-corrected chi connectivity index (χ4v) is 9.42. The Morgan fingerprint density at radius 1 is 0.241 bits per heavy atom. The summed E-state index contributed by atoms with van der Waals surface area (Å²) in [7, 11) is 0. The van der Waals surface area contributed by atoms with Gasteiger partial charge in [-0.05, 0) is 97.1 Å². The van der Waals surface area contributed by atoms with Crippen LogP contribution < -0.4 is 0 Å². The van der Waals surface area contributed by atoms with Gasteiger partial charge in [0.1, 0.15) is 31.5 Å². The molecule has 0 N–H and O–H groups in total. The minimum atomic E-state index is -2.13. The summed E-state index contributed by atoms with van der Waals surface area (Å²) in [4.78, 5) is 115. The summed E-state index contributed by atoms with van der Waals surface area (Å²) < 4.78 is 69.7. The zero-order valence-electron chi connectivity index (χ0n) is 46.0. The van der Waals surface area contributed by atoms with Gasteiger partial charge in [-0.1, -0.05) is 146 Å². The van der Waals surface area contributed by atoms with Crippen molar-refractivity contribution >= 4 is 47.8 Å². The van der Waals surface area contributed by atoms with Gasteiger partial charge in [0.25, 0.3) is 0 Å². The molecule has 19 nitrogen and oxygen atoms in total. The number of esters is 8. The van der Waals surface area contributed by atoms with Crippen LogP contribution in [-0.4, -0.2) is 122 Å². The third kappa shape index (κ3) is 15.2. The summed E-state index contributed by atoms with van der Waals surface area (Å²) in [5.41, 5.74) is 0.168. The van der Waals surface area contributed by atoms with E-state index in [1.54, 1.807) is 146 Å². The van der Waals surface area contributed by atoms with Crippen molar-refractivity contribution in [3.05, 3.63) is 287 Å². The Morgan fingerprint density at radius 2 is 0.460 bits per heavy atom. The van der Waals surface area contributed by atoms with Crippen molar-refractivity contribution < 1.29 is 90.5 Å². The van der Waals surface area contributed by atoms with Crippen LogP contribution >= 0.6 is 0 Å². The summed E-state index contributed by atoms with van der Waals surface area (Å²) in [6.07, 6.45) is -19.4. The fraction of sp³-hybridized carbons (Fsp3) is 0.176. The zero-order valence-corrected chi connectivity index (χ0v) is 46.0. The van der Waals surface area contributed by atoms with Gasteiger partial charge >= 0.3 is 47.8 Å². The van der Waals surface area contributed by atoms with Gasteiger partial charge in [0.2, 0.25) is 12.4 Å². The average Bonchev–Trinajstić information content (AvgIpc) is 3.65. The maximum atomic E-state index is 14.7. The number of carbonyl (C=O) groups excluding carboxylic acids is 8. The Bertz CT molecular complexity index is 3620. The highest BCUT2D eigenvalue weighted by molar-refractivity contribution is 5.93.